The van der Waals surface area contributed by atoms with Crippen molar-refractivity contribution >= 4 is 35.7 Å². The largest absolute Gasteiger partial charge is 0.466 e. The number of ether oxygens (including phenoxy) is 1. The fourth-order valence-corrected chi connectivity index (χ4v) is 3.15. The molecule has 0 fully saturated rings. The van der Waals surface area contributed by atoms with E-state index in [1.54, 1.807) is 35.6 Å². The molecule has 0 N–H and O–H groups in total. The first-order chi connectivity index (χ1) is 14.3. The standard InChI is InChI=1S/C21H27ClN4O4/c1-5-11-24(3)21(29)19-20(25(4)14-27)23-17(12-18(28)30-6-2)26(19)13-15-7-9-16(22)10-8-15/h7-10,14H,5-6,11-13H2,1-4H3. The number of amides is 2. The van der Waals surface area contributed by atoms with Crippen LogP contribution >= 0.6 is 11.6 Å². The molecule has 1 aromatic heterocycles. The van der Waals surface area contributed by atoms with Crippen LogP contribution in [0.25, 0.3) is 0 Å². The maximum atomic E-state index is 13.3. The first-order valence-corrected chi connectivity index (χ1v) is 10.1. The molecule has 30 heavy (non-hydrogen) atoms. The number of carbonyl (C=O) groups excluding carboxylic acids is 3. The first-order valence-electron chi connectivity index (χ1n) is 9.75. The Labute approximate surface area is 181 Å². The Kier molecular flexibility index (Phi) is 8.41. The van der Waals surface area contributed by atoms with Crippen molar-refractivity contribution in [3.05, 3.63) is 46.4 Å². The lowest BCUT2D eigenvalue weighted by molar-refractivity contribution is -0.142. The van der Waals surface area contributed by atoms with Gasteiger partial charge in [0.25, 0.3) is 5.91 Å². The predicted octanol–water partition coefficient (Wildman–Crippen LogP) is 2.77. The molecule has 0 saturated heterocycles. The van der Waals surface area contributed by atoms with E-state index in [0.29, 0.717) is 23.8 Å². The summed E-state index contributed by atoms with van der Waals surface area (Å²) < 4.78 is 6.73. The molecule has 0 aliphatic rings. The van der Waals surface area contributed by atoms with Crippen molar-refractivity contribution in [1.29, 1.82) is 0 Å². The van der Waals surface area contributed by atoms with Gasteiger partial charge >= 0.3 is 5.97 Å². The lowest BCUT2D eigenvalue weighted by Crippen LogP contribution is -2.31. The van der Waals surface area contributed by atoms with Gasteiger partial charge in [0.2, 0.25) is 6.41 Å². The molecular formula is C21H27ClN4O4. The Balaban J connectivity index is 2.61. The molecule has 0 radical (unpaired) electrons. The highest BCUT2D eigenvalue weighted by molar-refractivity contribution is 6.30. The topological polar surface area (TPSA) is 84.7 Å². The number of hydrogen-bond acceptors (Lipinski definition) is 5. The summed E-state index contributed by atoms with van der Waals surface area (Å²) in [5.74, 6) is -0.190. The number of carbonyl (C=O) groups is 3. The molecule has 0 aliphatic carbocycles. The van der Waals surface area contributed by atoms with Crippen LogP contribution in [0.1, 0.15) is 42.1 Å². The van der Waals surface area contributed by atoms with Gasteiger partial charge in [-0.15, -0.1) is 0 Å². The van der Waals surface area contributed by atoms with Crippen molar-refractivity contribution in [2.45, 2.75) is 33.2 Å². The van der Waals surface area contributed by atoms with Crippen LogP contribution in [-0.4, -0.2) is 60.0 Å². The van der Waals surface area contributed by atoms with Crippen LogP contribution in [0.3, 0.4) is 0 Å². The first kappa shape index (κ1) is 23.4. The van der Waals surface area contributed by atoms with E-state index >= 15 is 0 Å². The molecule has 2 amide bonds. The second kappa shape index (κ2) is 10.8. The van der Waals surface area contributed by atoms with Crippen LogP contribution in [0, 0.1) is 0 Å². The number of benzene rings is 1. The number of rotatable bonds is 10. The summed E-state index contributed by atoms with van der Waals surface area (Å²) >= 11 is 5.99. The molecule has 0 aliphatic heterocycles. The summed E-state index contributed by atoms with van der Waals surface area (Å²) in [5, 5.41) is 0.594. The fourth-order valence-electron chi connectivity index (χ4n) is 3.03. The molecule has 162 valence electrons. The van der Waals surface area contributed by atoms with Gasteiger partial charge in [-0.2, -0.15) is 0 Å². The van der Waals surface area contributed by atoms with E-state index in [-0.39, 0.29) is 37.0 Å². The van der Waals surface area contributed by atoms with Gasteiger partial charge in [-0.25, -0.2) is 4.98 Å². The smallest absolute Gasteiger partial charge is 0.313 e. The minimum atomic E-state index is -0.457. The Morgan fingerprint density at radius 3 is 2.43 bits per heavy atom. The van der Waals surface area contributed by atoms with Crippen molar-refractivity contribution < 1.29 is 19.1 Å². The highest BCUT2D eigenvalue weighted by Gasteiger charge is 2.28. The number of hydrogen-bond donors (Lipinski definition) is 0. The number of imidazole rings is 1. The van der Waals surface area contributed by atoms with Gasteiger partial charge in [0, 0.05) is 32.2 Å². The molecule has 1 heterocycles. The quantitative estimate of drug-likeness (QED) is 0.424. The SMILES string of the molecule is CCCN(C)C(=O)c1c(N(C)C=O)nc(CC(=O)OCC)n1Cc1ccc(Cl)cc1. The third-order valence-electron chi connectivity index (χ3n) is 4.49. The van der Waals surface area contributed by atoms with Crippen molar-refractivity contribution in [2.75, 3.05) is 32.1 Å². The molecule has 0 bridgehead atoms. The molecule has 0 spiro atoms. The Morgan fingerprint density at radius 2 is 1.87 bits per heavy atom. The fraction of sp³-hybridized carbons (Fsp3) is 0.429. The van der Waals surface area contributed by atoms with Crippen LogP contribution in [0.2, 0.25) is 5.02 Å². The van der Waals surface area contributed by atoms with Crippen LogP contribution in [-0.2, 0) is 27.3 Å². The molecule has 2 rings (SSSR count). The number of aromatic nitrogens is 2. The van der Waals surface area contributed by atoms with E-state index in [2.05, 4.69) is 4.98 Å². The maximum absolute atomic E-state index is 13.3. The molecule has 0 atom stereocenters. The van der Waals surface area contributed by atoms with E-state index in [9.17, 15) is 14.4 Å². The highest BCUT2D eigenvalue weighted by Crippen LogP contribution is 2.24. The van der Waals surface area contributed by atoms with Crippen LogP contribution in [0.5, 0.6) is 0 Å². The number of esters is 1. The zero-order valence-corrected chi connectivity index (χ0v) is 18.5. The van der Waals surface area contributed by atoms with Gasteiger partial charge in [0.15, 0.2) is 11.5 Å². The summed E-state index contributed by atoms with van der Waals surface area (Å²) in [6, 6.07) is 7.18. The zero-order chi connectivity index (χ0) is 22.3. The molecule has 2 aromatic rings. The van der Waals surface area contributed by atoms with Gasteiger partial charge < -0.3 is 19.1 Å². The lowest BCUT2D eigenvalue weighted by atomic mass is 10.2. The molecule has 0 unspecified atom stereocenters. The molecule has 1 aromatic carbocycles. The van der Waals surface area contributed by atoms with E-state index in [4.69, 9.17) is 16.3 Å². The van der Waals surface area contributed by atoms with Crippen molar-refractivity contribution in [2.24, 2.45) is 0 Å². The second-order valence-electron chi connectivity index (χ2n) is 6.84. The van der Waals surface area contributed by atoms with Gasteiger partial charge in [0.05, 0.1) is 6.61 Å². The van der Waals surface area contributed by atoms with Gasteiger partial charge in [-0.05, 0) is 31.0 Å². The third-order valence-corrected chi connectivity index (χ3v) is 4.74. The predicted molar refractivity (Wildman–Crippen MR) is 115 cm³/mol. The van der Waals surface area contributed by atoms with Gasteiger partial charge in [-0.3, -0.25) is 14.4 Å². The summed E-state index contributed by atoms with van der Waals surface area (Å²) in [4.78, 5) is 44.1. The average molecular weight is 435 g/mol. The summed E-state index contributed by atoms with van der Waals surface area (Å²) in [6.07, 6.45) is 1.24. The normalized spacial score (nSPS) is 10.6. The Morgan fingerprint density at radius 1 is 1.20 bits per heavy atom. The second-order valence-corrected chi connectivity index (χ2v) is 7.27. The molecular weight excluding hydrogens is 408 g/mol. The highest BCUT2D eigenvalue weighted by atomic mass is 35.5. The van der Waals surface area contributed by atoms with Crippen LogP contribution < -0.4 is 4.90 Å². The maximum Gasteiger partial charge on any atom is 0.313 e. The molecule has 8 nitrogen and oxygen atoms in total. The van der Waals surface area contributed by atoms with E-state index < -0.39 is 5.97 Å². The summed E-state index contributed by atoms with van der Waals surface area (Å²) in [5.41, 5.74) is 1.12. The minimum absolute atomic E-state index is 0.119. The zero-order valence-electron chi connectivity index (χ0n) is 17.7. The minimum Gasteiger partial charge on any atom is -0.466 e. The lowest BCUT2D eigenvalue weighted by Gasteiger charge is -2.20. The third kappa shape index (κ3) is 5.60. The Hall–Kier alpha value is -2.87. The summed E-state index contributed by atoms with van der Waals surface area (Å²) in [7, 11) is 3.22. The Bertz CT molecular complexity index is 895. The van der Waals surface area contributed by atoms with Crippen molar-refractivity contribution in [3.63, 3.8) is 0 Å². The number of halogens is 1. The number of anilines is 1. The van der Waals surface area contributed by atoms with Gasteiger partial charge in [0.1, 0.15) is 12.2 Å². The van der Waals surface area contributed by atoms with E-state index in [1.807, 2.05) is 19.1 Å². The number of nitrogens with zero attached hydrogens (tertiary/aromatic N) is 4. The van der Waals surface area contributed by atoms with Crippen LogP contribution in [0.15, 0.2) is 24.3 Å². The molecule has 9 heteroatoms. The van der Waals surface area contributed by atoms with E-state index in [1.165, 1.54) is 11.9 Å². The van der Waals surface area contributed by atoms with Gasteiger partial charge in [-0.1, -0.05) is 30.7 Å². The van der Waals surface area contributed by atoms with Crippen LogP contribution in [0.4, 0.5) is 5.82 Å². The monoisotopic (exact) mass is 434 g/mol. The van der Waals surface area contributed by atoms with Crippen molar-refractivity contribution in [1.82, 2.24) is 14.5 Å². The summed E-state index contributed by atoms with van der Waals surface area (Å²) in [6.45, 7) is 4.76. The average Bonchev–Trinajstić information content (AvgIpc) is 3.06. The van der Waals surface area contributed by atoms with E-state index in [0.717, 1.165) is 12.0 Å². The molecule has 0 saturated carbocycles. The van der Waals surface area contributed by atoms with Crippen molar-refractivity contribution in [3.8, 4) is 0 Å².